The van der Waals surface area contributed by atoms with E-state index in [-0.39, 0.29) is 12.1 Å². The number of hydrogen-bond donors (Lipinski definition) is 0. The van der Waals surface area contributed by atoms with E-state index in [1.165, 1.54) is 49.7 Å². The molecule has 9 heteroatoms. The molecule has 0 saturated carbocycles. The molecule has 97 heavy (non-hydrogen) atoms. The van der Waals surface area contributed by atoms with Crippen LogP contribution in [0.5, 0.6) is 0 Å². The van der Waals surface area contributed by atoms with Crippen molar-refractivity contribution in [2.24, 2.45) is 0 Å². The van der Waals surface area contributed by atoms with Crippen molar-refractivity contribution >= 4 is 79.0 Å². The van der Waals surface area contributed by atoms with Gasteiger partial charge in [-0.25, -0.2) is 24.9 Å². The molecule has 5 heterocycles. The Morgan fingerprint density at radius 1 is 0.289 bits per heavy atom. The molecule has 1 aliphatic carbocycles. The number of aromatic nitrogens is 6. The lowest BCUT2D eigenvalue weighted by molar-refractivity contribution is 0.661. The van der Waals surface area contributed by atoms with E-state index in [9.17, 15) is 0 Å². The molecular weight excluding hydrogens is 1180 g/mol. The van der Waals surface area contributed by atoms with Crippen LogP contribution in [0.15, 0.2) is 322 Å². The third-order valence-electron chi connectivity index (χ3n) is 20.1. The molecule has 0 radical (unpaired) electrons. The third-order valence-corrected chi connectivity index (χ3v) is 20.1. The number of anilines is 6. The van der Waals surface area contributed by atoms with Crippen molar-refractivity contribution in [2.45, 2.75) is 19.3 Å². The van der Waals surface area contributed by atoms with Gasteiger partial charge in [0.2, 0.25) is 0 Å². The SMILES string of the molecule is CC1(C)c2ccccc2-c2cc3c4ccccc4n(-c4ccc(-c5nc(-c6ccccc6)cc(-c6ccccc6)n5)cc4-c4nc(-c5ccccc5)nc(-c5ccc(-c6ccc7c8c6N(c6ccccc6)c6ccccc6B8c6ccccc6N7c6ccccc6)cc5)n4)c3cc21. The summed E-state index contributed by atoms with van der Waals surface area (Å²) in [7, 11) is 0. The summed E-state index contributed by atoms with van der Waals surface area (Å²) >= 11 is 0. The zero-order chi connectivity index (χ0) is 64.3. The van der Waals surface area contributed by atoms with Gasteiger partial charge in [0.25, 0.3) is 6.71 Å². The fourth-order valence-corrected chi connectivity index (χ4v) is 15.6. The van der Waals surface area contributed by atoms with Gasteiger partial charge in [0, 0.05) is 83.6 Å². The lowest BCUT2D eigenvalue weighted by Gasteiger charge is -2.45. The smallest absolute Gasteiger partial charge is 0.252 e. The minimum atomic E-state index is -0.239. The highest BCUT2D eigenvalue weighted by Crippen LogP contribution is 2.53. The van der Waals surface area contributed by atoms with Crippen LogP contribution in [0.1, 0.15) is 25.0 Å². The first kappa shape index (κ1) is 56.0. The van der Waals surface area contributed by atoms with Crippen molar-refractivity contribution < 1.29 is 0 Å². The van der Waals surface area contributed by atoms with E-state index in [0.717, 1.165) is 106 Å². The van der Waals surface area contributed by atoms with E-state index in [1.807, 2.05) is 30.3 Å². The van der Waals surface area contributed by atoms with Crippen LogP contribution in [0.2, 0.25) is 0 Å². The summed E-state index contributed by atoms with van der Waals surface area (Å²) in [6.07, 6.45) is 0. The van der Waals surface area contributed by atoms with Crippen LogP contribution < -0.4 is 26.2 Å². The highest BCUT2D eigenvalue weighted by molar-refractivity contribution is 7.00. The average molecular weight is 1240 g/mol. The van der Waals surface area contributed by atoms with E-state index < -0.39 is 0 Å². The van der Waals surface area contributed by atoms with Gasteiger partial charge < -0.3 is 14.4 Å². The van der Waals surface area contributed by atoms with Crippen molar-refractivity contribution in [2.75, 3.05) is 9.80 Å². The lowest BCUT2D eigenvalue weighted by atomic mass is 9.33. The van der Waals surface area contributed by atoms with Crippen LogP contribution in [-0.4, -0.2) is 36.2 Å². The number of rotatable bonds is 10. The van der Waals surface area contributed by atoms with Crippen molar-refractivity contribution in [3.63, 3.8) is 0 Å². The zero-order valence-electron chi connectivity index (χ0n) is 53.3. The molecule has 13 aromatic carbocycles. The minimum Gasteiger partial charge on any atom is -0.311 e. The number of fused-ring (bicyclic) bond motifs is 10. The Balaban J connectivity index is 0.826. The molecule has 0 spiro atoms. The Morgan fingerprint density at radius 2 is 0.784 bits per heavy atom. The van der Waals surface area contributed by atoms with Gasteiger partial charge in [0.1, 0.15) is 0 Å². The molecule has 0 amide bonds. The highest BCUT2D eigenvalue weighted by Gasteiger charge is 2.44. The van der Waals surface area contributed by atoms with Crippen LogP contribution in [-0.2, 0) is 5.41 Å². The maximum Gasteiger partial charge on any atom is 0.252 e. The number of nitrogens with zero attached hydrogens (tertiary/aromatic N) is 8. The van der Waals surface area contributed by atoms with Gasteiger partial charge in [-0.2, -0.15) is 0 Å². The number of benzene rings is 13. The summed E-state index contributed by atoms with van der Waals surface area (Å²) < 4.78 is 2.42. The fourth-order valence-electron chi connectivity index (χ4n) is 15.6. The molecule has 3 aromatic heterocycles. The molecule has 0 saturated heterocycles. The first-order valence-electron chi connectivity index (χ1n) is 33.2. The molecule has 0 bridgehead atoms. The lowest BCUT2D eigenvalue weighted by Crippen LogP contribution is -2.61. The largest absolute Gasteiger partial charge is 0.311 e. The second-order valence-corrected chi connectivity index (χ2v) is 25.9. The summed E-state index contributed by atoms with van der Waals surface area (Å²) in [6, 6.07) is 115. The van der Waals surface area contributed by atoms with Crippen molar-refractivity contribution in [1.82, 2.24) is 29.5 Å². The van der Waals surface area contributed by atoms with Gasteiger partial charge in [-0.15, -0.1) is 0 Å². The molecule has 0 fully saturated rings. The third kappa shape index (κ3) is 9.03. The maximum atomic E-state index is 5.66. The standard InChI is InChI=1S/C88H59BN8/c1-88(2)70-38-20-18-36-65(70)67-53-68-66-37-19-23-41-76(66)97(81(68)54-71(67)88)77-50-48-61(86-90-74(57-26-8-3-9-27-57)55-75(91-86)58-28-10-4-11-29-58)52-69(77)87-93-84(59-30-12-5-13-31-59)92-85(94-87)60-46-44-56(45-47-60)64-49-51-80-82-83(64)96(63-34-16-7-17-35-63)79-43-25-22-40-73(79)89(82)72-39-21-24-42-78(72)95(80)62-32-14-6-15-33-62/h3-55H,1-2H3. The van der Waals surface area contributed by atoms with Crippen molar-refractivity contribution in [1.29, 1.82) is 0 Å². The van der Waals surface area contributed by atoms with E-state index in [0.29, 0.717) is 23.3 Å². The molecule has 2 aliphatic heterocycles. The Kier molecular flexibility index (Phi) is 12.9. The second-order valence-electron chi connectivity index (χ2n) is 25.9. The van der Waals surface area contributed by atoms with Crippen LogP contribution in [0.4, 0.5) is 34.1 Å². The molecule has 19 rings (SSSR count). The molecular formula is C88H59BN8. The second kappa shape index (κ2) is 22.3. The topological polar surface area (TPSA) is 75.9 Å². The first-order chi connectivity index (χ1) is 47.9. The summed E-state index contributed by atoms with van der Waals surface area (Å²) in [5.74, 6) is 2.19. The van der Waals surface area contributed by atoms with Crippen molar-refractivity contribution in [3.8, 4) is 96.0 Å². The van der Waals surface area contributed by atoms with Crippen LogP contribution >= 0.6 is 0 Å². The van der Waals surface area contributed by atoms with E-state index in [2.05, 4.69) is 319 Å². The monoisotopic (exact) mass is 1240 g/mol. The Labute approximate surface area is 562 Å². The van der Waals surface area contributed by atoms with Gasteiger partial charge in [-0.1, -0.05) is 250 Å². The normalized spacial score (nSPS) is 13.1. The van der Waals surface area contributed by atoms with Gasteiger partial charge in [-0.05, 0) is 129 Å². The summed E-state index contributed by atoms with van der Waals surface area (Å²) in [6.45, 7) is 4.67. The predicted molar refractivity (Wildman–Crippen MR) is 399 cm³/mol. The van der Waals surface area contributed by atoms with Crippen LogP contribution in [0, 0.1) is 0 Å². The van der Waals surface area contributed by atoms with Crippen molar-refractivity contribution in [3.05, 3.63) is 333 Å². The quantitative estimate of drug-likeness (QED) is 0.126. The molecule has 3 aliphatic rings. The van der Waals surface area contributed by atoms with Crippen LogP contribution in [0.25, 0.3) is 118 Å². The Bertz CT molecular complexity index is 5730. The molecule has 454 valence electrons. The molecule has 0 N–H and O–H groups in total. The summed E-state index contributed by atoms with van der Waals surface area (Å²) in [5, 5.41) is 2.33. The Morgan fingerprint density at radius 3 is 1.44 bits per heavy atom. The van der Waals surface area contributed by atoms with Gasteiger partial charge in [0.05, 0.1) is 33.8 Å². The highest BCUT2D eigenvalue weighted by atomic mass is 15.2. The summed E-state index contributed by atoms with van der Waals surface area (Å²) in [5.41, 5.74) is 27.8. The number of para-hydroxylation sites is 5. The van der Waals surface area contributed by atoms with Gasteiger partial charge in [0.15, 0.2) is 23.3 Å². The summed E-state index contributed by atoms with van der Waals surface area (Å²) in [4.78, 5) is 32.4. The van der Waals surface area contributed by atoms with E-state index in [1.54, 1.807) is 0 Å². The maximum absolute atomic E-state index is 5.66. The Hall–Kier alpha value is -12.6. The zero-order valence-corrected chi connectivity index (χ0v) is 53.3. The molecule has 8 nitrogen and oxygen atoms in total. The number of hydrogen-bond acceptors (Lipinski definition) is 7. The molecule has 0 atom stereocenters. The van der Waals surface area contributed by atoms with Gasteiger partial charge >= 0.3 is 0 Å². The molecule has 16 aromatic rings. The fraction of sp³-hybridized carbons (Fsp3) is 0.0341. The van der Waals surface area contributed by atoms with Gasteiger partial charge in [-0.3, -0.25) is 0 Å². The first-order valence-corrected chi connectivity index (χ1v) is 33.2. The van der Waals surface area contributed by atoms with Crippen LogP contribution in [0.3, 0.4) is 0 Å². The molecule has 0 unspecified atom stereocenters. The predicted octanol–water partition coefficient (Wildman–Crippen LogP) is 19.8. The van der Waals surface area contributed by atoms with E-state index in [4.69, 9.17) is 24.9 Å². The minimum absolute atomic E-state index is 0.0300. The van der Waals surface area contributed by atoms with E-state index >= 15 is 0 Å². The average Bonchev–Trinajstić information content (AvgIpc) is 1.52.